The number of hydrogen-bond donors (Lipinski definition) is 1. The fourth-order valence-corrected chi connectivity index (χ4v) is 1.82. The Hall–Kier alpha value is -1.26. The van der Waals surface area contributed by atoms with Gasteiger partial charge in [0.25, 0.3) is 0 Å². The molecule has 0 spiro atoms. The molecule has 0 bridgehead atoms. The van der Waals surface area contributed by atoms with Gasteiger partial charge in [0.15, 0.2) is 11.5 Å². The molecule has 4 heteroatoms. The fraction of sp³-hybridized carbons (Fsp3) is 0.647. The summed E-state index contributed by atoms with van der Waals surface area (Å²) in [5.74, 6) is 1.54. The van der Waals surface area contributed by atoms with E-state index in [2.05, 4.69) is 32.2 Å². The van der Waals surface area contributed by atoms with E-state index in [-0.39, 0.29) is 0 Å². The summed E-state index contributed by atoms with van der Waals surface area (Å²) in [7, 11) is 1.66. The Morgan fingerprint density at radius 2 is 1.90 bits per heavy atom. The molecule has 0 saturated carbocycles. The van der Waals surface area contributed by atoms with E-state index in [1.165, 1.54) is 5.56 Å². The molecule has 120 valence electrons. The molecule has 0 atom stereocenters. The van der Waals surface area contributed by atoms with Gasteiger partial charge in [-0.15, -0.1) is 0 Å². The van der Waals surface area contributed by atoms with Crippen molar-refractivity contribution in [2.75, 3.05) is 26.9 Å². The Kier molecular flexibility index (Phi) is 8.87. The minimum atomic E-state index is 0.462. The Morgan fingerprint density at radius 1 is 1.10 bits per heavy atom. The van der Waals surface area contributed by atoms with Crippen LogP contribution in [-0.2, 0) is 11.3 Å². The number of methoxy groups -OCH3 is 1. The van der Waals surface area contributed by atoms with Gasteiger partial charge in [0.2, 0.25) is 0 Å². The topological polar surface area (TPSA) is 39.7 Å². The lowest BCUT2D eigenvalue weighted by atomic mass is 10.2. The van der Waals surface area contributed by atoms with Crippen LogP contribution in [0.5, 0.6) is 11.5 Å². The lowest BCUT2D eigenvalue weighted by molar-refractivity contribution is 0.0970. The molecular weight excluding hydrogens is 266 g/mol. The molecule has 0 aromatic heterocycles. The summed E-state index contributed by atoms with van der Waals surface area (Å²) in [6.45, 7) is 9.20. The minimum absolute atomic E-state index is 0.462. The summed E-state index contributed by atoms with van der Waals surface area (Å²) < 4.78 is 16.6. The van der Waals surface area contributed by atoms with Crippen molar-refractivity contribution in [2.45, 2.75) is 46.2 Å². The Bertz CT molecular complexity index is 394. The predicted molar refractivity (Wildman–Crippen MR) is 86.2 cm³/mol. The minimum Gasteiger partial charge on any atom is -0.493 e. The third kappa shape index (κ3) is 7.34. The van der Waals surface area contributed by atoms with Crippen molar-refractivity contribution in [3.63, 3.8) is 0 Å². The van der Waals surface area contributed by atoms with Crippen LogP contribution in [0.3, 0.4) is 0 Å². The molecule has 21 heavy (non-hydrogen) atoms. The predicted octanol–water partition coefficient (Wildman–Crippen LogP) is 3.39. The highest BCUT2D eigenvalue weighted by Crippen LogP contribution is 2.28. The van der Waals surface area contributed by atoms with E-state index in [0.717, 1.165) is 37.5 Å². The molecule has 1 N–H and O–H groups in total. The van der Waals surface area contributed by atoms with Gasteiger partial charge in [-0.3, -0.25) is 0 Å². The van der Waals surface area contributed by atoms with E-state index in [1.807, 2.05) is 12.1 Å². The van der Waals surface area contributed by atoms with Crippen molar-refractivity contribution in [1.29, 1.82) is 0 Å². The van der Waals surface area contributed by atoms with Gasteiger partial charge in [-0.1, -0.05) is 33.3 Å². The van der Waals surface area contributed by atoms with Crippen molar-refractivity contribution in [3.05, 3.63) is 23.8 Å². The summed E-state index contributed by atoms with van der Waals surface area (Å²) in [4.78, 5) is 0. The molecule has 0 aliphatic heterocycles. The molecule has 1 aromatic carbocycles. The van der Waals surface area contributed by atoms with Gasteiger partial charge in [0, 0.05) is 19.2 Å². The first-order valence-corrected chi connectivity index (χ1v) is 7.78. The van der Waals surface area contributed by atoms with E-state index in [4.69, 9.17) is 14.2 Å². The summed E-state index contributed by atoms with van der Waals surface area (Å²) in [6.07, 6.45) is 2.25. The first-order valence-electron chi connectivity index (χ1n) is 7.78. The quantitative estimate of drug-likeness (QED) is 0.635. The summed E-state index contributed by atoms with van der Waals surface area (Å²) in [6, 6.07) is 6.49. The second-order valence-electron chi connectivity index (χ2n) is 5.34. The number of nitrogens with one attached hydrogen (secondary N) is 1. The highest BCUT2D eigenvalue weighted by Gasteiger charge is 2.06. The van der Waals surface area contributed by atoms with E-state index in [0.29, 0.717) is 19.3 Å². The highest BCUT2D eigenvalue weighted by atomic mass is 16.5. The first kappa shape index (κ1) is 17.8. The zero-order valence-electron chi connectivity index (χ0n) is 13.8. The molecular formula is C17H29NO3. The molecule has 0 radical (unpaired) electrons. The Labute approximate surface area is 128 Å². The van der Waals surface area contributed by atoms with E-state index < -0.39 is 0 Å². The van der Waals surface area contributed by atoms with Crippen LogP contribution < -0.4 is 14.8 Å². The average Bonchev–Trinajstić information content (AvgIpc) is 2.48. The summed E-state index contributed by atoms with van der Waals surface area (Å²) >= 11 is 0. The lowest BCUT2D eigenvalue weighted by Gasteiger charge is -2.14. The van der Waals surface area contributed by atoms with E-state index in [1.54, 1.807) is 7.11 Å². The fourth-order valence-electron chi connectivity index (χ4n) is 1.82. The van der Waals surface area contributed by atoms with Crippen LogP contribution in [0.25, 0.3) is 0 Å². The monoisotopic (exact) mass is 295 g/mol. The van der Waals surface area contributed by atoms with Gasteiger partial charge in [0.1, 0.15) is 6.61 Å². The smallest absolute Gasteiger partial charge is 0.161 e. The molecule has 4 nitrogen and oxygen atoms in total. The molecule has 0 amide bonds. The highest BCUT2D eigenvalue weighted by molar-refractivity contribution is 5.42. The van der Waals surface area contributed by atoms with Crippen molar-refractivity contribution < 1.29 is 14.2 Å². The molecule has 1 aromatic rings. The molecule has 0 aliphatic rings. The van der Waals surface area contributed by atoms with Crippen LogP contribution in [0, 0.1) is 0 Å². The number of hydrogen-bond acceptors (Lipinski definition) is 4. The van der Waals surface area contributed by atoms with Crippen LogP contribution in [0.2, 0.25) is 0 Å². The summed E-state index contributed by atoms with van der Waals surface area (Å²) in [5.41, 5.74) is 1.19. The second-order valence-corrected chi connectivity index (χ2v) is 5.34. The number of ether oxygens (including phenoxy) is 3. The van der Waals surface area contributed by atoms with Gasteiger partial charge < -0.3 is 19.5 Å². The number of benzene rings is 1. The Balaban J connectivity index is 2.47. The van der Waals surface area contributed by atoms with Crippen molar-refractivity contribution in [1.82, 2.24) is 5.32 Å². The average molecular weight is 295 g/mol. The third-order valence-corrected chi connectivity index (χ3v) is 3.07. The van der Waals surface area contributed by atoms with Crippen molar-refractivity contribution >= 4 is 0 Å². The van der Waals surface area contributed by atoms with Gasteiger partial charge >= 0.3 is 0 Å². The number of unbranched alkanes of at least 4 members (excludes halogenated alkanes) is 1. The van der Waals surface area contributed by atoms with Gasteiger partial charge in [-0.05, 0) is 24.1 Å². The molecule has 1 rings (SSSR count). The lowest BCUT2D eigenvalue weighted by Crippen LogP contribution is -2.21. The summed E-state index contributed by atoms with van der Waals surface area (Å²) in [5, 5.41) is 3.40. The first-order chi connectivity index (χ1) is 10.2. The van der Waals surface area contributed by atoms with Crippen LogP contribution >= 0.6 is 0 Å². The molecule has 0 fully saturated rings. The van der Waals surface area contributed by atoms with Crippen molar-refractivity contribution in [2.24, 2.45) is 0 Å². The van der Waals surface area contributed by atoms with Gasteiger partial charge in [0.05, 0.1) is 13.7 Å². The third-order valence-electron chi connectivity index (χ3n) is 3.07. The maximum absolute atomic E-state index is 5.78. The standard InChI is InChI=1S/C17H29NO3/c1-5-6-9-20-10-11-21-17-12-15(13-18-14(2)3)7-8-16(17)19-4/h7-8,12,14,18H,5-6,9-11,13H2,1-4H3. The molecule has 0 saturated heterocycles. The molecule has 0 aliphatic carbocycles. The largest absolute Gasteiger partial charge is 0.493 e. The Morgan fingerprint density at radius 3 is 2.57 bits per heavy atom. The molecule has 0 heterocycles. The van der Waals surface area contributed by atoms with E-state index >= 15 is 0 Å². The number of rotatable bonds is 11. The maximum atomic E-state index is 5.78. The molecule has 0 unspecified atom stereocenters. The van der Waals surface area contributed by atoms with Gasteiger partial charge in [-0.2, -0.15) is 0 Å². The normalized spacial score (nSPS) is 10.9. The zero-order valence-corrected chi connectivity index (χ0v) is 13.8. The zero-order chi connectivity index (χ0) is 15.5. The second kappa shape index (κ2) is 10.5. The van der Waals surface area contributed by atoms with E-state index in [9.17, 15) is 0 Å². The van der Waals surface area contributed by atoms with Crippen molar-refractivity contribution in [3.8, 4) is 11.5 Å². The van der Waals surface area contributed by atoms with Crippen LogP contribution in [0.1, 0.15) is 39.2 Å². The van der Waals surface area contributed by atoms with Crippen LogP contribution in [-0.4, -0.2) is 33.0 Å². The SMILES string of the molecule is CCCCOCCOc1cc(CNC(C)C)ccc1OC. The van der Waals surface area contributed by atoms with Gasteiger partial charge in [-0.25, -0.2) is 0 Å². The van der Waals surface area contributed by atoms with Crippen LogP contribution in [0.4, 0.5) is 0 Å². The maximum Gasteiger partial charge on any atom is 0.161 e. The van der Waals surface area contributed by atoms with Crippen LogP contribution in [0.15, 0.2) is 18.2 Å².